The van der Waals surface area contributed by atoms with Gasteiger partial charge in [-0.15, -0.1) is 0 Å². The highest BCUT2D eigenvalue weighted by molar-refractivity contribution is 6.30. The Kier molecular flexibility index (Phi) is 7.85. The molecule has 238 valence electrons. The maximum absolute atomic E-state index is 14.9. The van der Waals surface area contributed by atoms with Crippen molar-refractivity contribution in [1.29, 1.82) is 5.26 Å². The Balaban J connectivity index is 1.06. The first-order chi connectivity index (χ1) is 22.1. The number of aromatic amines is 1. The number of rotatable bonds is 7. The van der Waals surface area contributed by atoms with Gasteiger partial charge in [0.25, 0.3) is 0 Å². The highest BCUT2D eigenvalue weighted by Crippen LogP contribution is 2.49. The lowest BCUT2D eigenvalue weighted by Gasteiger charge is -2.35. The van der Waals surface area contributed by atoms with E-state index in [0.29, 0.717) is 29.3 Å². The molecular formula is C33H29ClF4N6O2. The van der Waals surface area contributed by atoms with Crippen LogP contribution in [0.3, 0.4) is 0 Å². The molecule has 0 unspecified atom stereocenters. The Morgan fingerprint density at radius 1 is 1.09 bits per heavy atom. The van der Waals surface area contributed by atoms with Gasteiger partial charge in [-0.3, -0.25) is 15.0 Å². The van der Waals surface area contributed by atoms with E-state index in [1.54, 1.807) is 24.3 Å². The first kappa shape index (κ1) is 30.4. The number of hydrogen-bond acceptors (Lipinski definition) is 7. The summed E-state index contributed by atoms with van der Waals surface area (Å²) < 4.78 is 66.5. The van der Waals surface area contributed by atoms with Gasteiger partial charge in [-0.2, -0.15) is 23.5 Å². The van der Waals surface area contributed by atoms with E-state index < -0.39 is 29.3 Å². The van der Waals surface area contributed by atoms with Crippen LogP contribution in [-0.4, -0.2) is 44.8 Å². The van der Waals surface area contributed by atoms with Gasteiger partial charge in [0.2, 0.25) is 5.82 Å². The minimum atomic E-state index is -4.64. The average Bonchev–Trinajstić information content (AvgIpc) is 3.63. The molecule has 1 saturated heterocycles. The fourth-order valence-electron chi connectivity index (χ4n) is 6.24. The van der Waals surface area contributed by atoms with Crippen molar-refractivity contribution in [1.82, 2.24) is 25.1 Å². The summed E-state index contributed by atoms with van der Waals surface area (Å²) in [4.78, 5) is 10.5. The highest BCUT2D eigenvalue weighted by Gasteiger charge is 2.44. The van der Waals surface area contributed by atoms with Crippen molar-refractivity contribution in [2.45, 2.75) is 56.8 Å². The van der Waals surface area contributed by atoms with Gasteiger partial charge < -0.3 is 9.47 Å². The molecule has 0 spiro atoms. The molecule has 2 aromatic heterocycles. The summed E-state index contributed by atoms with van der Waals surface area (Å²) in [7, 11) is 0. The van der Waals surface area contributed by atoms with Gasteiger partial charge in [0.05, 0.1) is 17.2 Å². The Bertz CT molecular complexity index is 1790. The maximum Gasteiger partial charge on any atom is 0.451 e. The molecular weight excluding hydrogens is 624 g/mol. The molecule has 0 radical (unpaired) electrons. The molecule has 1 aliphatic carbocycles. The number of likely N-dealkylation sites (tertiary alicyclic amines) is 1. The van der Waals surface area contributed by atoms with Crippen molar-refractivity contribution in [3.05, 3.63) is 87.7 Å². The molecule has 3 aliphatic rings. The number of ether oxygens (including phenoxy) is 2. The zero-order valence-electron chi connectivity index (χ0n) is 24.6. The SMILES string of the molecule is N#CC1(Cc2cc(-c3n[nH]c(C(F)(F)F)n3)cnc2CN2CCC(c3ccc(F)c4c3OC[C@@H](c3ccc(Cl)cc3)O4)CC2)CC1. The molecule has 1 saturated carbocycles. The second-order valence-corrected chi connectivity index (χ2v) is 12.7. The predicted molar refractivity (Wildman–Crippen MR) is 160 cm³/mol. The summed E-state index contributed by atoms with van der Waals surface area (Å²) >= 11 is 6.02. The molecule has 1 N–H and O–H groups in total. The summed E-state index contributed by atoms with van der Waals surface area (Å²) in [5, 5.41) is 16.1. The predicted octanol–water partition coefficient (Wildman–Crippen LogP) is 7.42. The molecule has 0 amide bonds. The fourth-order valence-corrected chi connectivity index (χ4v) is 6.37. The van der Waals surface area contributed by atoms with Gasteiger partial charge in [-0.1, -0.05) is 29.8 Å². The summed E-state index contributed by atoms with van der Waals surface area (Å²) in [5.74, 6) is -1.02. The number of piperidine rings is 1. The van der Waals surface area contributed by atoms with E-state index in [-0.39, 0.29) is 24.1 Å². The zero-order chi connectivity index (χ0) is 32.1. The quantitative estimate of drug-likeness (QED) is 0.208. The summed E-state index contributed by atoms with van der Waals surface area (Å²) in [6, 6.07) is 14.6. The Labute approximate surface area is 267 Å². The molecule has 2 fully saturated rings. The molecule has 4 heterocycles. The zero-order valence-corrected chi connectivity index (χ0v) is 25.3. The normalized spacial score (nSPS) is 19.5. The smallest absolute Gasteiger partial charge is 0.451 e. The lowest BCUT2D eigenvalue weighted by molar-refractivity contribution is -0.144. The van der Waals surface area contributed by atoms with Crippen molar-refractivity contribution in [3.8, 4) is 29.0 Å². The van der Waals surface area contributed by atoms with Crippen molar-refractivity contribution in [2.75, 3.05) is 19.7 Å². The lowest BCUT2D eigenvalue weighted by Crippen LogP contribution is -2.33. The van der Waals surface area contributed by atoms with E-state index in [1.165, 1.54) is 12.3 Å². The number of nitriles is 1. The van der Waals surface area contributed by atoms with Crippen molar-refractivity contribution in [2.24, 2.45) is 5.41 Å². The van der Waals surface area contributed by atoms with Crippen LogP contribution in [0.25, 0.3) is 11.4 Å². The number of pyridine rings is 1. The third-order valence-corrected chi connectivity index (χ3v) is 9.32. The number of nitrogens with one attached hydrogen (secondary N) is 1. The third-order valence-electron chi connectivity index (χ3n) is 9.07. The molecule has 0 bridgehead atoms. The van der Waals surface area contributed by atoms with Gasteiger partial charge >= 0.3 is 6.18 Å². The van der Waals surface area contributed by atoms with E-state index in [9.17, 15) is 22.8 Å². The van der Waals surface area contributed by atoms with Crippen LogP contribution in [0, 0.1) is 22.6 Å². The topological polar surface area (TPSA) is 100.0 Å². The number of H-pyrrole nitrogens is 1. The van der Waals surface area contributed by atoms with E-state index in [1.807, 2.05) is 17.2 Å². The van der Waals surface area contributed by atoms with Gasteiger partial charge in [-0.05, 0) is 86.5 Å². The molecule has 4 aromatic rings. The first-order valence-corrected chi connectivity index (χ1v) is 15.5. The first-order valence-electron chi connectivity index (χ1n) is 15.1. The van der Waals surface area contributed by atoms with E-state index in [0.717, 1.165) is 61.2 Å². The summed E-state index contributed by atoms with van der Waals surface area (Å²) in [6.07, 6.45) is -0.000926. The van der Waals surface area contributed by atoms with E-state index >= 15 is 0 Å². The standard InChI is InChI=1S/C33H29ClF4N6O2/c34-23-3-1-20(2-4-23)27-17-45-28-24(5-6-25(35)29(28)46-27)19-7-11-44(12-8-19)16-26-21(14-32(18-39)9-10-32)13-22(15-40-26)30-41-31(43-42-30)33(36,37)38/h1-6,13,15,19,27H,7-12,14,16-17H2,(H,41,42,43)/t27-/m0/s1. The average molecular weight is 653 g/mol. The molecule has 2 aromatic carbocycles. The minimum absolute atomic E-state index is 0.0939. The number of fused-ring (bicyclic) bond motifs is 1. The van der Waals surface area contributed by atoms with Crippen LogP contribution in [0.5, 0.6) is 11.5 Å². The largest absolute Gasteiger partial charge is 0.485 e. The van der Waals surface area contributed by atoms with E-state index in [4.69, 9.17) is 21.1 Å². The van der Waals surface area contributed by atoms with Crippen molar-refractivity contribution in [3.63, 3.8) is 0 Å². The molecule has 1 atom stereocenters. The molecule has 8 nitrogen and oxygen atoms in total. The van der Waals surface area contributed by atoms with Gasteiger partial charge in [0.15, 0.2) is 29.2 Å². The van der Waals surface area contributed by atoms with Gasteiger partial charge in [0.1, 0.15) is 6.61 Å². The number of aromatic nitrogens is 4. The van der Waals surface area contributed by atoms with Crippen molar-refractivity contribution >= 4 is 11.6 Å². The Morgan fingerprint density at radius 2 is 1.85 bits per heavy atom. The van der Waals surface area contributed by atoms with Crippen LogP contribution in [0.15, 0.2) is 48.7 Å². The lowest BCUT2D eigenvalue weighted by atomic mass is 9.88. The van der Waals surface area contributed by atoms with Crippen LogP contribution in [0.4, 0.5) is 17.6 Å². The highest BCUT2D eigenvalue weighted by atomic mass is 35.5. The Hall–Kier alpha value is -4.21. The van der Waals surface area contributed by atoms with E-state index in [2.05, 4.69) is 26.0 Å². The second kappa shape index (κ2) is 11.9. The number of hydrogen-bond donors (Lipinski definition) is 1. The van der Waals surface area contributed by atoms with Crippen LogP contribution >= 0.6 is 11.6 Å². The Morgan fingerprint density at radius 3 is 2.52 bits per heavy atom. The molecule has 13 heteroatoms. The summed E-state index contributed by atoms with van der Waals surface area (Å²) in [5.41, 5.74) is 3.24. The van der Waals surface area contributed by atoms with Crippen LogP contribution in [-0.2, 0) is 19.1 Å². The minimum Gasteiger partial charge on any atom is -0.485 e. The van der Waals surface area contributed by atoms with Crippen LogP contribution in [0.1, 0.15) is 65.9 Å². The van der Waals surface area contributed by atoms with Crippen molar-refractivity contribution < 1.29 is 27.0 Å². The van der Waals surface area contributed by atoms with Gasteiger partial charge in [-0.25, -0.2) is 9.37 Å². The number of alkyl halides is 3. The molecule has 46 heavy (non-hydrogen) atoms. The molecule has 2 aliphatic heterocycles. The second-order valence-electron chi connectivity index (χ2n) is 12.2. The maximum atomic E-state index is 14.9. The number of benzene rings is 2. The summed E-state index contributed by atoms with van der Waals surface area (Å²) in [6.45, 7) is 2.26. The number of halogens is 5. The monoisotopic (exact) mass is 652 g/mol. The fraction of sp³-hybridized carbons (Fsp3) is 0.394. The van der Waals surface area contributed by atoms with Crippen LogP contribution in [0.2, 0.25) is 5.02 Å². The molecule has 7 rings (SSSR count). The number of nitrogens with zero attached hydrogens (tertiary/aromatic N) is 5. The third kappa shape index (κ3) is 6.13. The van der Waals surface area contributed by atoms with Crippen LogP contribution < -0.4 is 9.47 Å². The van der Waals surface area contributed by atoms with Gasteiger partial charge in [0, 0.05) is 28.9 Å².